The van der Waals surface area contributed by atoms with Crippen LogP contribution in [-0.2, 0) is 36.0 Å². The molecule has 0 fully saturated rings. The fraction of sp³-hybridized carbons (Fsp3) is 0.682. The lowest BCUT2D eigenvalue weighted by Gasteiger charge is -2.28. The first-order valence-electron chi connectivity index (χ1n) is 10.4. The van der Waals surface area contributed by atoms with E-state index in [1.54, 1.807) is 32.0 Å². The third kappa shape index (κ3) is 8.22. The molecule has 0 aliphatic carbocycles. The fourth-order valence-corrected chi connectivity index (χ4v) is 5.40. The molecule has 0 bridgehead atoms. The highest BCUT2D eigenvalue weighted by Crippen LogP contribution is 2.33. The SMILES string of the molecule is COC(=O)[C@@H](C)Cc1cccc(C(C)(CCCC(C)(C)CS(=O)(=O)CCO)C(=O)O)n1. The number of esters is 1. The van der Waals surface area contributed by atoms with Crippen molar-refractivity contribution in [3.05, 3.63) is 29.6 Å². The van der Waals surface area contributed by atoms with Crippen molar-refractivity contribution in [2.45, 2.75) is 58.8 Å². The van der Waals surface area contributed by atoms with Crippen molar-refractivity contribution >= 4 is 21.8 Å². The van der Waals surface area contributed by atoms with Crippen molar-refractivity contribution in [1.29, 1.82) is 0 Å². The molecule has 0 aliphatic rings. The first-order valence-corrected chi connectivity index (χ1v) is 12.2. The van der Waals surface area contributed by atoms with Crippen LogP contribution in [0.1, 0.15) is 58.3 Å². The van der Waals surface area contributed by atoms with Crippen LogP contribution in [0.2, 0.25) is 0 Å². The highest BCUT2D eigenvalue weighted by Gasteiger charge is 2.37. The van der Waals surface area contributed by atoms with E-state index in [1.807, 2.05) is 13.8 Å². The molecule has 1 aromatic rings. The van der Waals surface area contributed by atoms with Gasteiger partial charge in [-0.15, -0.1) is 0 Å². The van der Waals surface area contributed by atoms with Gasteiger partial charge in [0.15, 0.2) is 9.84 Å². The van der Waals surface area contributed by atoms with Crippen LogP contribution in [0.25, 0.3) is 0 Å². The number of aromatic nitrogens is 1. The van der Waals surface area contributed by atoms with E-state index >= 15 is 0 Å². The third-order valence-electron chi connectivity index (χ3n) is 5.51. The monoisotopic (exact) mass is 457 g/mol. The van der Waals surface area contributed by atoms with Gasteiger partial charge in [-0.1, -0.05) is 33.3 Å². The van der Waals surface area contributed by atoms with Crippen molar-refractivity contribution in [3.63, 3.8) is 0 Å². The summed E-state index contributed by atoms with van der Waals surface area (Å²) in [6.07, 6.45) is 1.63. The number of aliphatic hydroxyl groups is 1. The molecule has 0 saturated heterocycles. The summed E-state index contributed by atoms with van der Waals surface area (Å²) in [5.74, 6) is -2.10. The zero-order valence-corrected chi connectivity index (χ0v) is 19.9. The molecule has 1 rings (SSSR count). The number of ether oxygens (including phenoxy) is 1. The second-order valence-electron chi connectivity index (χ2n) is 9.11. The van der Waals surface area contributed by atoms with Crippen LogP contribution < -0.4 is 0 Å². The molecule has 2 N–H and O–H groups in total. The van der Waals surface area contributed by atoms with Gasteiger partial charge in [-0.05, 0) is 37.3 Å². The number of carbonyl (C=O) groups excluding carboxylic acids is 1. The van der Waals surface area contributed by atoms with E-state index in [2.05, 4.69) is 4.98 Å². The molecular formula is C22H35NO7S. The van der Waals surface area contributed by atoms with Crippen molar-refractivity contribution in [2.24, 2.45) is 11.3 Å². The molecule has 0 saturated carbocycles. The highest BCUT2D eigenvalue weighted by molar-refractivity contribution is 7.91. The van der Waals surface area contributed by atoms with Gasteiger partial charge in [-0.2, -0.15) is 0 Å². The van der Waals surface area contributed by atoms with Gasteiger partial charge in [0.25, 0.3) is 0 Å². The number of rotatable bonds is 13. The molecule has 0 spiro atoms. The Morgan fingerprint density at radius 1 is 1.19 bits per heavy atom. The maximum Gasteiger partial charge on any atom is 0.315 e. The smallest absolute Gasteiger partial charge is 0.315 e. The molecule has 0 radical (unpaired) electrons. The number of hydrogen-bond donors (Lipinski definition) is 2. The van der Waals surface area contributed by atoms with E-state index in [9.17, 15) is 23.1 Å². The number of sulfone groups is 1. The van der Waals surface area contributed by atoms with Gasteiger partial charge in [0, 0.05) is 12.1 Å². The Morgan fingerprint density at radius 3 is 2.39 bits per heavy atom. The van der Waals surface area contributed by atoms with Gasteiger partial charge < -0.3 is 14.9 Å². The second-order valence-corrected chi connectivity index (χ2v) is 11.3. The predicted octanol–water partition coefficient (Wildman–Crippen LogP) is 2.38. The lowest BCUT2D eigenvalue weighted by atomic mass is 9.78. The van der Waals surface area contributed by atoms with Crippen LogP contribution in [0.3, 0.4) is 0 Å². The summed E-state index contributed by atoms with van der Waals surface area (Å²) in [5, 5.41) is 18.8. The number of nitrogens with zero attached hydrogens (tertiary/aromatic N) is 1. The molecule has 0 aromatic carbocycles. The normalized spacial score (nSPS) is 15.2. The number of carboxylic acids is 1. The van der Waals surface area contributed by atoms with Crippen molar-refractivity contribution < 1.29 is 33.0 Å². The lowest BCUT2D eigenvalue weighted by molar-refractivity contribution is -0.145. The Morgan fingerprint density at radius 2 is 1.84 bits per heavy atom. The van der Waals surface area contributed by atoms with Crippen LogP contribution in [0.5, 0.6) is 0 Å². The number of carboxylic acid groups (broad SMARTS) is 1. The minimum Gasteiger partial charge on any atom is -0.481 e. The van der Waals surface area contributed by atoms with E-state index in [1.165, 1.54) is 7.11 Å². The van der Waals surface area contributed by atoms with Gasteiger partial charge in [0.1, 0.15) is 5.41 Å². The summed E-state index contributed by atoms with van der Waals surface area (Å²) in [7, 11) is -2.05. The van der Waals surface area contributed by atoms with Gasteiger partial charge in [0.05, 0.1) is 36.8 Å². The van der Waals surface area contributed by atoms with Crippen LogP contribution in [0, 0.1) is 11.3 Å². The highest BCUT2D eigenvalue weighted by atomic mass is 32.2. The maximum atomic E-state index is 12.1. The minimum atomic E-state index is -3.37. The van der Waals surface area contributed by atoms with Crippen LogP contribution in [0.15, 0.2) is 18.2 Å². The minimum absolute atomic E-state index is 0.0660. The largest absolute Gasteiger partial charge is 0.481 e. The summed E-state index contributed by atoms with van der Waals surface area (Å²) in [6.45, 7) is 6.58. The van der Waals surface area contributed by atoms with Gasteiger partial charge in [0.2, 0.25) is 0 Å². The zero-order valence-electron chi connectivity index (χ0n) is 19.1. The topological polar surface area (TPSA) is 131 Å². The number of aliphatic carboxylic acids is 1. The van der Waals surface area contributed by atoms with Crippen molar-refractivity contribution in [1.82, 2.24) is 4.98 Å². The van der Waals surface area contributed by atoms with Gasteiger partial charge in [-0.3, -0.25) is 14.6 Å². The molecule has 1 aromatic heterocycles. The molecule has 1 heterocycles. The van der Waals surface area contributed by atoms with Crippen molar-refractivity contribution in [2.75, 3.05) is 25.2 Å². The van der Waals surface area contributed by atoms with Crippen molar-refractivity contribution in [3.8, 4) is 0 Å². The Balaban J connectivity index is 2.94. The molecule has 9 heteroatoms. The van der Waals surface area contributed by atoms with E-state index < -0.39 is 39.2 Å². The Labute approximate surface area is 185 Å². The fourth-order valence-electron chi connectivity index (χ4n) is 3.64. The molecule has 176 valence electrons. The Hall–Kier alpha value is -2.00. The summed E-state index contributed by atoms with van der Waals surface area (Å²) < 4.78 is 28.8. The van der Waals surface area contributed by atoms with Crippen LogP contribution in [-0.4, -0.2) is 60.8 Å². The first-order chi connectivity index (χ1) is 14.3. The quantitative estimate of drug-likeness (QED) is 0.432. The number of aliphatic hydroxyl groups excluding tert-OH is 1. The molecule has 31 heavy (non-hydrogen) atoms. The Bertz CT molecular complexity index is 866. The standard InChI is InChI=1S/C22H35NO7S/c1-16(19(25)30-5)14-17-8-6-9-18(23-17)22(4,20(26)27)11-7-10-21(2,3)15-31(28,29)13-12-24/h6,8-9,16,24H,7,10-15H2,1-5H3,(H,26,27)/t16-,22?/m0/s1. The first kappa shape index (κ1) is 27.0. The maximum absolute atomic E-state index is 12.1. The zero-order chi connectivity index (χ0) is 23.9. The molecule has 0 aliphatic heterocycles. The molecule has 1 unspecified atom stereocenters. The number of methoxy groups -OCH3 is 1. The Kier molecular flexibility index (Phi) is 9.63. The van der Waals surface area contributed by atoms with Gasteiger partial charge in [-0.25, -0.2) is 8.42 Å². The molecular weight excluding hydrogens is 422 g/mol. The van der Waals surface area contributed by atoms with Crippen LogP contribution in [0.4, 0.5) is 0 Å². The lowest BCUT2D eigenvalue weighted by Crippen LogP contribution is -2.34. The second kappa shape index (κ2) is 11.0. The predicted molar refractivity (Wildman–Crippen MR) is 117 cm³/mol. The molecule has 8 nitrogen and oxygen atoms in total. The summed E-state index contributed by atoms with van der Waals surface area (Å²) in [4.78, 5) is 28.3. The summed E-state index contributed by atoms with van der Waals surface area (Å²) >= 11 is 0. The average molecular weight is 458 g/mol. The van der Waals surface area contributed by atoms with E-state index in [0.717, 1.165) is 0 Å². The third-order valence-corrected chi connectivity index (χ3v) is 7.53. The molecule has 0 amide bonds. The van der Waals surface area contributed by atoms with Crippen LogP contribution >= 0.6 is 0 Å². The number of hydrogen-bond acceptors (Lipinski definition) is 7. The summed E-state index contributed by atoms with van der Waals surface area (Å²) in [5.41, 5.74) is -0.776. The summed E-state index contributed by atoms with van der Waals surface area (Å²) in [6, 6.07) is 5.14. The average Bonchev–Trinajstić information content (AvgIpc) is 2.65. The molecule has 2 atom stereocenters. The van der Waals surface area contributed by atoms with E-state index in [4.69, 9.17) is 9.84 Å². The number of carbonyl (C=O) groups is 2. The number of pyridine rings is 1. The van der Waals surface area contributed by atoms with E-state index in [-0.39, 0.29) is 23.9 Å². The van der Waals surface area contributed by atoms with E-state index in [0.29, 0.717) is 30.7 Å². The van der Waals surface area contributed by atoms with Gasteiger partial charge >= 0.3 is 11.9 Å².